The van der Waals surface area contributed by atoms with Gasteiger partial charge in [-0.05, 0) is 54.4 Å². The smallest absolute Gasteiger partial charge is 0.293 e. The number of carbonyl (C=O) groups excluding carboxylic acids is 3. The first kappa shape index (κ1) is 26.6. The number of rotatable bonds is 7. The first-order chi connectivity index (χ1) is 17.2. The monoisotopic (exact) mass is 568 g/mol. The molecule has 0 atom stereocenters. The van der Waals surface area contributed by atoms with Gasteiger partial charge < -0.3 is 5.32 Å². The third kappa shape index (κ3) is 5.76. The molecule has 4 rings (SSSR count). The third-order valence-electron chi connectivity index (χ3n) is 5.83. The second-order valence-electron chi connectivity index (χ2n) is 8.14. The maximum atomic E-state index is 13.0. The number of nitrogens with one attached hydrogen (secondary N) is 1. The van der Waals surface area contributed by atoms with E-state index in [1.165, 1.54) is 16.4 Å². The van der Waals surface area contributed by atoms with Gasteiger partial charge in [0.25, 0.3) is 11.1 Å². The predicted octanol–water partition coefficient (Wildman–Crippen LogP) is 3.64. The molecule has 9 nitrogen and oxygen atoms in total. The summed E-state index contributed by atoms with van der Waals surface area (Å²) in [6, 6.07) is 8.01. The van der Waals surface area contributed by atoms with Crippen LogP contribution in [0.2, 0.25) is 10.0 Å². The van der Waals surface area contributed by atoms with E-state index in [4.69, 9.17) is 23.2 Å². The summed E-state index contributed by atoms with van der Waals surface area (Å²) in [6.07, 6.45) is 5.45. The van der Waals surface area contributed by atoms with Crippen molar-refractivity contribution in [1.82, 2.24) is 19.5 Å². The van der Waals surface area contributed by atoms with Crippen molar-refractivity contribution in [1.29, 1.82) is 0 Å². The normalized spacial score (nSPS) is 18.7. The third-order valence-corrected chi connectivity index (χ3v) is 9.59. The quantitative estimate of drug-likeness (QED) is 0.506. The van der Waals surface area contributed by atoms with Crippen LogP contribution in [-0.2, 0) is 19.6 Å². The Hall–Kier alpha value is -2.44. The number of hydrogen-bond donors (Lipinski definition) is 1. The summed E-state index contributed by atoms with van der Waals surface area (Å²) in [7, 11) is -3.90. The van der Waals surface area contributed by atoms with Gasteiger partial charge in [0.1, 0.15) is 4.90 Å². The van der Waals surface area contributed by atoms with E-state index in [1.807, 2.05) is 0 Å². The number of carbonyl (C=O) groups is 3. The van der Waals surface area contributed by atoms with Crippen molar-refractivity contribution >= 4 is 68.1 Å². The molecule has 0 spiro atoms. The van der Waals surface area contributed by atoms with E-state index in [9.17, 15) is 22.8 Å². The van der Waals surface area contributed by atoms with E-state index in [-0.39, 0.29) is 47.0 Å². The lowest BCUT2D eigenvalue weighted by atomic mass is 9.97. The maximum absolute atomic E-state index is 13.0. The standard InChI is InChI=1S/C23H22Cl2N4O5S2/c24-17-4-1-5-18(25)20(17)36(33,34)28-10-6-16(7-11-28)21(30)27-9-12-29-22(31)19(35-23(29)32)13-15-3-2-8-26-14-15/h1-5,8,13-14,16H,6-7,9-12H2,(H,27,30). The van der Waals surface area contributed by atoms with Crippen LogP contribution in [0.3, 0.4) is 0 Å². The number of hydrogen-bond acceptors (Lipinski definition) is 7. The maximum Gasteiger partial charge on any atom is 0.293 e. The van der Waals surface area contributed by atoms with Gasteiger partial charge in [-0.3, -0.25) is 24.3 Å². The zero-order chi connectivity index (χ0) is 25.9. The molecule has 0 saturated carbocycles. The van der Waals surface area contributed by atoms with Crippen LogP contribution >= 0.6 is 35.0 Å². The largest absolute Gasteiger partial charge is 0.354 e. The van der Waals surface area contributed by atoms with Crippen molar-refractivity contribution in [3.8, 4) is 0 Å². The Kier molecular flexibility index (Phi) is 8.36. The molecule has 2 fully saturated rings. The molecule has 0 bridgehead atoms. The second-order valence-corrected chi connectivity index (χ2v) is 11.8. The number of thioether (sulfide) groups is 1. The van der Waals surface area contributed by atoms with Gasteiger partial charge in [-0.1, -0.05) is 35.3 Å². The molecule has 1 aromatic carbocycles. The average Bonchev–Trinajstić information content (AvgIpc) is 3.11. The molecule has 2 aliphatic heterocycles. The molecule has 190 valence electrons. The molecule has 0 radical (unpaired) electrons. The van der Waals surface area contributed by atoms with Crippen LogP contribution in [-0.4, -0.2) is 65.8 Å². The van der Waals surface area contributed by atoms with Gasteiger partial charge >= 0.3 is 0 Å². The lowest BCUT2D eigenvalue weighted by molar-refractivity contribution is -0.127. The van der Waals surface area contributed by atoms with Crippen molar-refractivity contribution in [3.63, 3.8) is 0 Å². The van der Waals surface area contributed by atoms with Crippen LogP contribution in [0.25, 0.3) is 6.08 Å². The zero-order valence-corrected chi connectivity index (χ0v) is 22.0. The van der Waals surface area contributed by atoms with Gasteiger partial charge in [0, 0.05) is 44.5 Å². The molecule has 13 heteroatoms. The summed E-state index contributed by atoms with van der Waals surface area (Å²) < 4.78 is 27.3. The SMILES string of the molecule is O=C(NCCN1C(=O)SC(=Cc2cccnc2)C1=O)C1CCN(S(=O)(=O)c2c(Cl)cccc2Cl)CC1. The summed E-state index contributed by atoms with van der Waals surface area (Å²) in [5.74, 6) is -1.06. The van der Waals surface area contributed by atoms with Crippen molar-refractivity contribution in [2.24, 2.45) is 5.92 Å². The van der Waals surface area contributed by atoms with E-state index in [0.29, 0.717) is 23.3 Å². The van der Waals surface area contributed by atoms with Crippen molar-refractivity contribution in [2.45, 2.75) is 17.7 Å². The van der Waals surface area contributed by atoms with Crippen LogP contribution < -0.4 is 5.32 Å². The molecule has 2 saturated heterocycles. The van der Waals surface area contributed by atoms with E-state index in [1.54, 1.807) is 36.7 Å². The molecular weight excluding hydrogens is 547 g/mol. The van der Waals surface area contributed by atoms with Gasteiger partial charge in [-0.2, -0.15) is 4.31 Å². The van der Waals surface area contributed by atoms with Crippen LogP contribution in [0.5, 0.6) is 0 Å². The van der Waals surface area contributed by atoms with Crippen LogP contribution in [0.4, 0.5) is 4.79 Å². The van der Waals surface area contributed by atoms with Gasteiger partial charge in [0.15, 0.2) is 0 Å². The first-order valence-electron chi connectivity index (χ1n) is 11.1. The predicted molar refractivity (Wildman–Crippen MR) is 138 cm³/mol. The summed E-state index contributed by atoms with van der Waals surface area (Å²) in [4.78, 5) is 42.8. The lowest BCUT2D eigenvalue weighted by Crippen LogP contribution is -2.44. The lowest BCUT2D eigenvalue weighted by Gasteiger charge is -2.31. The Bertz CT molecular complexity index is 1290. The summed E-state index contributed by atoms with van der Waals surface area (Å²) in [5.41, 5.74) is 0.710. The second kappa shape index (κ2) is 11.3. The highest BCUT2D eigenvalue weighted by Gasteiger charge is 2.36. The van der Waals surface area contributed by atoms with Crippen molar-refractivity contribution in [3.05, 3.63) is 63.2 Å². The highest BCUT2D eigenvalue weighted by Crippen LogP contribution is 2.34. The van der Waals surface area contributed by atoms with E-state index >= 15 is 0 Å². The van der Waals surface area contributed by atoms with Gasteiger partial charge in [-0.25, -0.2) is 8.42 Å². The summed E-state index contributed by atoms with van der Waals surface area (Å²) in [6.45, 7) is 0.429. The van der Waals surface area contributed by atoms with Crippen molar-refractivity contribution < 1.29 is 22.8 Å². The number of nitrogens with zero attached hydrogens (tertiary/aromatic N) is 3. The Balaban J connectivity index is 1.28. The fourth-order valence-corrected chi connectivity index (χ4v) is 7.38. The highest BCUT2D eigenvalue weighted by atomic mass is 35.5. The highest BCUT2D eigenvalue weighted by molar-refractivity contribution is 8.18. The number of piperidine rings is 1. The van der Waals surface area contributed by atoms with Crippen LogP contribution in [0, 0.1) is 5.92 Å². The molecule has 3 heterocycles. The number of halogens is 2. The molecular formula is C23H22Cl2N4O5S2. The zero-order valence-electron chi connectivity index (χ0n) is 18.9. The van der Waals surface area contributed by atoms with E-state index < -0.39 is 27.1 Å². The Morgan fingerprint density at radius 1 is 1.14 bits per heavy atom. The molecule has 1 aromatic heterocycles. The van der Waals surface area contributed by atoms with Gasteiger partial charge in [0.05, 0.1) is 15.0 Å². The Morgan fingerprint density at radius 2 is 1.83 bits per heavy atom. The summed E-state index contributed by atoms with van der Waals surface area (Å²) >= 11 is 13.0. The number of aromatic nitrogens is 1. The molecule has 0 aliphatic carbocycles. The molecule has 1 N–H and O–H groups in total. The van der Waals surface area contributed by atoms with Crippen molar-refractivity contribution in [2.75, 3.05) is 26.2 Å². The van der Waals surface area contributed by atoms with Crippen LogP contribution in [0.1, 0.15) is 18.4 Å². The fraction of sp³-hybridized carbons (Fsp3) is 0.304. The molecule has 36 heavy (non-hydrogen) atoms. The molecule has 0 unspecified atom stereocenters. The van der Waals surface area contributed by atoms with E-state index in [0.717, 1.165) is 16.7 Å². The Morgan fingerprint density at radius 3 is 2.47 bits per heavy atom. The minimum absolute atomic E-state index is 0.0407. The summed E-state index contributed by atoms with van der Waals surface area (Å²) in [5, 5.41) is 2.45. The number of sulfonamides is 1. The topological polar surface area (TPSA) is 117 Å². The fourth-order valence-electron chi connectivity index (χ4n) is 3.96. The number of pyridine rings is 1. The average molecular weight is 569 g/mol. The van der Waals surface area contributed by atoms with Gasteiger partial charge in [0.2, 0.25) is 15.9 Å². The number of benzene rings is 1. The molecule has 2 aromatic rings. The number of amides is 3. The van der Waals surface area contributed by atoms with Crippen LogP contribution in [0.15, 0.2) is 52.5 Å². The van der Waals surface area contributed by atoms with E-state index in [2.05, 4.69) is 10.3 Å². The minimum Gasteiger partial charge on any atom is -0.354 e. The van der Waals surface area contributed by atoms with Gasteiger partial charge in [-0.15, -0.1) is 0 Å². The molecule has 3 amide bonds. The molecule has 2 aliphatic rings. The minimum atomic E-state index is -3.90. The first-order valence-corrected chi connectivity index (χ1v) is 14.1. The Labute approximate surface area is 222 Å². The number of imide groups is 1.